The minimum absolute atomic E-state index is 0.0253. The van der Waals surface area contributed by atoms with E-state index in [-0.39, 0.29) is 16.7 Å². The van der Waals surface area contributed by atoms with Gasteiger partial charge in [0.25, 0.3) is 5.69 Å². The van der Waals surface area contributed by atoms with E-state index in [1.54, 1.807) is 12.4 Å². The molecule has 2 aromatic heterocycles. The SMILES string of the molecule is CNc1cc(N2CCCC2CNc2cc(C)nc3c([N+](=O)[O-])cccc23)ncn1. The molecular formula is C20H23N7O2. The van der Waals surface area contributed by atoms with Crippen LogP contribution in [0.25, 0.3) is 10.9 Å². The summed E-state index contributed by atoms with van der Waals surface area (Å²) in [5.41, 5.74) is 2.05. The van der Waals surface area contributed by atoms with Crippen molar-refractivity contribution in [1.82, 2.24) is 15.0 Å². The molecule has 0 saturated carbocycles. The Balaban J connectivity index is 1.59. The number of pyridine rings is 1. The first kappa shape index (κ1) is 18.9. The molecule has 1 aliphatic heterocycles. The number of hydrogen-bond donors (Lipinski definition) is 2. The van der Waals surface area contributed by atoms with E-state index in [1.165, 1.54) is 6.07 Å². The van der Waals surface area contributed by atoms with Crippen LogP contribution >= 0.6 is 0 Å². The predicted octanol–water partition coefficient (Wildman–Crippen LogP) is 3.36. The highest BCUT2D eigenvalue weighted by Crippen LogP contribution is 2.31. The van der Waals surface area contributed by atoms with Crippen LogP contribution in [0.4, 0.5) is 23.0 Å². The van der Waals surface area contributed by atoms with Crippen LogP contribution in [0.1, 0.15) is 18.5 Å². The van der Waals surface area contributed by atoms with Gasteiger partial charge in [-0.3, -0.25) is 10.1 Å². The third-order valence-corrected chi connectivity index (χ3v) is 5.25. The normalized spacial score (nSPS) is 16.2. The number of aromatic nitrogens is 3. The van der Waals surface area contributed by atoms with Crippen molar-refractivity contribution in [2.24, 2.45) is 0 Å². The van der Waals surface area contributed by atoms with Crippen LogP contribution in [0.2, 0.25) is 0 Å². The monoisotopic (exact) mass is 393 g/mol. The maximum atomic E-state index is 11.4. The van der Waals surface area contributed by atoms with E-state index in [0.717, 1.165) is 47.8 Å². The van der Waals surface area contributed by atoms with Crippen LogP contribution in [0.15, 0.2) is 36.7 Å². The number of hydrogen-bond acceptors (Lipinski definition) is 8. The number of anilines is 3. The highest BCUT2D eigenvalue weighted by molar-refractivity contribution is 5.96. The topological polar surface area (TPSA) is 109 Å². The zero-order valence-electron chi connectivity index (χ0n) is 16.4. The Morgan fingerprint density at radius 2 is 2.17 bits per heavy atom. The predicted molar refractivity (Wildman–Crippen MR) is 114 cm³/mol. The Morgan fingerprint density at radius 3 is 2.97 bits per heavy atom. The Kier molecular flexibility index (Phi) is 5.11. The highest BCUT2D eigenvalue weighted by atomic mass is 16.6. The van der Waals surface area contributed by atoms with E-state index in [1.807, 2.05) is 32.2 Å². The average molecular weight is 393 g/mol. The van der Waals surface area contributed by atoms with Gasteiger partial charge in [0.2, 0.25) is 0 Å². The zero-order chi connectivity index (χ0) is 20.4. The molecule has 9 nitrogen and oxygen atoms in total. The Labute approximate surface area is 168 Å². The van der Waals surface area contributed by atoms with Crippen LogP contribution in [0.5, 0.6) is 0 Å². The van der Waals surface area contributed by atoms with Crippen molar-refractivity contribution in [3.63, 3.8) is 0 Å². The Hall–Kier alpha value is -3.49. The fourth-order valence-electron chi connectivity index (χ4n) is 3.87. The number of benzene rings is 1. The van der Waals surface area contributed by atoms with E-state index < -0.39 is 0 Å². The van der Waals surface area contributed by atoms with Crippen molar-refractivity contribution in [2.45, 2.75) is 25.8 Å². The van der Waals surface area contributed by atoms with Gasteiger partial charge in [0.15, 0.2) is 5.52 Å². The second kappa shape index (κ2) is 7.86. The molecule has 4 rings (SSSR count). The number of non-ortho nitro benzene ring substituents is 1. The number of nitrogens with one attached hydrogen (secondary N) is 2. The number of nitro benzene ring substituents is 1. The summed E-state index contributed by atoms with van der Waals surface area (Å²) in [4.78, 5) is 26.3. The second-order valence-electron chi connectivity index (χ2n) is 7.12. The highest BCUT2D eigenvalue weighted by Gasteiger charge is 2.26. The van der Waals surface area contributed by atoms with Gasteiger partial charge in [0.05, 0.1) is 4.92 Å². The van der Waals surface area contributed by atoms with Gasteiger partial charge in [-0.2, -0.15) is 0 Å². The first-order valence-corrected chi connectivity index (χ1v) is 9.62. The smallest absolute Gasteiger partial charge is 0.295 e. The van der Waals surface area contributed by atoms with Gasteiger partial charge in [-0.15, -0.1) is 0 Å². The van der Waals surface area contributed by atoms with E-state index >= 15 is 0 Å². The van der Waals surface area contributed by atoms with Gasteiger partial charge < -0.3 is 15.5 Å². The minimum atomic E-state index is -0.383. The molecule has 1 saturated heterocycles. The minimum Gasteiger partial charge on any atom is -0.382 e. The van der Waals surface area contributed by atoms with E-state index in [4.69, 9.17) is 0 Å². The molecule has 0 radical (unpaired) electrons. The standard InChI is InChI=1S/C20H23N7O2/c1-13-9-16(15-6-3-7-17(27(28)29)20(15)25-13)22-11-14-5-4-8-26(14)19-10-18(21-2)23-12-24-19/h3,6-7,9-10,12,14H,4-5,8,11H2,1-2H3,(H,22,25)(H,21,23,24). The van der Waals surface area contributed by atoms with Crippen molar-refractivity contribution in [1.29, 1.82) is 0 Å². The van der Waals surface area contributed by atoms with E-state index in [9.17, 15) is 10.1 Å². The van der Waals surface area contributed by atoms with Gasteiger partial charge in [-0.25, -0.2) is 15.0 Å². The molecule has 3 heterocycles. The Bertz CT molecular complexity index is 1060. The molecule has 0 amide bonds. The van der Waals surface area contributed by atoms with Crippen LogP contribution in [0, 0.1) is 17.0 Å². The molecule has 1 unspecified atom stereocenters. The molecule has 0 bridgehead atoms. The van der Waals surface area contributed by atoms with Crippen LogP contribution in [0.3, 0.4) is 0 Å². The van der Waals surface area contributed by atoms with Crippen molar-refractivity contribution >= 4 is 33.9 Å². The lowest BCUT2D eigenvalue weighted by Crippen LogP contribution is -2.35. The van der Waals surface area contributed by atoms with Crippen LogP contribution in [-0.2, 0) is 0 Å². The molecule has 1 aromatic carbocycles. The number of para-hydroxylation sites is 1. The lowest BCUT2D eigenvalue weighted by atomic mass is 10.1. The average Bonchev–Trinajstić information content (AvgIpc) is 3.20. The van der Waals surface area contributed by atoms with Gasteiger partial charge in [-0.05, 0) is 25.8 Å². The molecule has 1 fully saturated rings. The van der Waals surface area contributed by atoms with Gasteiger partial charge in [0, 0.05) is 55.1 Å². The molecule has 0 spiro atoms. The van der Waals surface area contributed by atoms with Crippen LogP contribution in [-0.4, -0.2) is 46.1 Å². The lowest BCUT2D eigenvalue weighted by molar-refractivity contribution is -0.383. The summed E-state index contributed by atoms with van der Waals surface area (Å²) in [5, 5.41) is 18.7. The number of rotatable bonds is 6. The van der Waals surface area contributed by atoms with Crippen molar-refractivity contribution in [2.75, 3.05) is 35.7 Å². The maximum absolute atomic E-state index is 11.4. The van der Waals surface area contributed by atoms with Gasteiger partial charge in [-0.1, -0.05) is 12.1 Å². The molecule has 150 valence electrons. The molecule has 3 aromatic rings. The molecule has 1 aliphatic rings. The zero-order valence-corrected chi connectivity index (χ0v) is 16.4. The Morgan fingerprint density at radius 1 is 1.31 bits per heavy atom. The molecular weight excluding hydrogens is 370 g/mol. The summed E-state index contributed by atoms with van der Waals surface area (Å²) < 4.78 is 0. The maximum Gasteiger partial charge on any atom is 0.295 e. The van der Waals surface area contributed by atoms with Crippen molar-refractivity contribution < 1.29 is 4.92 Å². The molecule has 1 atom stereocenters. The summed E-state index contributed by atoms with van der Waals surface area (Å²) in [6.07, 6.45) is 3.71. The first-order chi connectivity index (χ1) is 14.1. The lowest BCUT2D eigenvalue weighted by Gasteiger charge is -2.26. The summed E-state index contributed by atoms with van der Waals surface area (Å²) >= 11 is 0. The second-order valence-corrected chi connectivity index (χ2v) is 7.12. The third kappa shape index (κ3) is 3.75. The number of nitrogens with zero attached hydrogens (tertiary/aromatic N) is 5. The van der Waals surface area contributed by atoms with Gasteiger partial charge >= 0.3 is 0 Å². The molecule has 0 aliphatic carbocycles. The summed E-state index contributed by atoms with van der Waals surface area (Å²) in [5.74, 6) is 1.69. The van der Waals surface area contributed by atoms with Crippen molar-refractivity contribution in [3.05, 3.63) is 52.5 Å². The number of fused-ring (bicyclic) bond motifs is 1. The summed E-state index contributed by atoms with van der Waals surface area (Å²) in [6, 6.07) is 9.23. The van der Waals surface area contributed by atoms with Gasteiger partial charge in [0.1, 0.15) is 18.0 Å². The van der Waals surface area contributed by atoms with E-state index in [2.05, 4.69) is 30.5 Å². The first-order valence-electron chi connectivity index (χ1n) is 9.62. The largest absolute Gasteiger partial charge is 0.382 e. The van der Waals surface area contributed by atoms with Crippen LogP contribution < -0.4 is 15.5 Å². The van der Waals surface area contributed by atoms with Crippen molar-refractivity contribution in [3.8, 4) is 0 Å². The summed E-state index contributed by atoms with van der Waals surface area (Å²) in [7, 11) is 1.84. The summed E-state index contributed by atoms with van der Waals surface area (Å²) in [6.45, 7) is 3.50. The molecule has 2 N–H and O–H groups in total. The number of nitro groups is 1. The molecule has 29 heavy (non-hydrogen) atoms. The fraction of sp³-hybridized carbons (Fsp3) is 0.350. The fourth-order valence-corrected chi connectivity index (χ4v) is 3.87. The third-order valence-electron chi connectivity index (χ3n) is 5.25. The quantitative estimate of drug-likeness (QED) is 0.485. The number of aryl methyl sites for hydroxylation is 1. The van der Waals surface area contributed by atoms with E-state index in [0.29, 0.717) is 12.1 Å². The molecule has 9 heteroatoms.